The standard InChI is InChI=1S/C10H22O5Si/c1-11-9(12-2)7-8-16(5,6)15-10(9,13-3)14-4/h7-8H2,1-6H3. The highest BCUT2D eigenvalue weighted by Gasteiger charge is 2.62. The van der Waals surface area contributed by atoms with Crippen LogP contribution in [0, 0.1) is 0 Å². The summed E-state index contributed by atoms with van der Waals surface area (Å²) in [6.45, 7) is 4.24. The molecule has 0 aromatic heterocycles. The van der Waals surface area contributed by atoms with E-state index >= 15 is 0 Å². The summed E-state index contributed by atoms with van der Waals surface area (Å²) in [4.78, 5) is 0. The van der Waals surface area contributed by atoms with E-state index in [1.807, 2.05) is 0 Å². The summed E-state index contributed by atoms with van der Waals surface area (Å²) >= 11 is 0. The molecule has 0 aliphatic carbocycles. The summed E-state index contributed by atoms with van der Waals surface area (Å²) in [5.74, 6) is -2.27. The van der Waals surface area contributed by atoms with Crippen LogP contribution in [-0.4, -0.2) is 48.5 Å². The van der Waals surface area contributed by atoms with Crippen molar-refractivity contribution in [3.63, 3.8) is 0 Å². The van der Waals surface area contributed by atoms with Gasteiger partial charge in [0.25, 0.3) is 5.79 Å². The summed E-state index contributed by atoms with van der Waals surface area (Å²) in [5, 5.41) is 0. The molecule has 0 radical (unpaired) electrons. The lowest BCUT2D eigenvalue weighted by Gasteiger charge is -2.52. The predicted molar refractivity (Wildman–Crippen MR) is 61.5 cm³/mol. The number of hydrogen-bond donors (Lipinski definition) is 0. The third-order valence-corrected chi connectivity index (χ3v) is 5.41. The van der Waals surface area contributed by atoms with Gasteiger partial charge in [-0.1, -0.05) is 0 Å². The fourth-order valence-corrected chi connectivity index (χ4v) is 4.21. The number of hydrogen-bond acceptors (Lipinski definition) is 5. The molecule has 0 N–H and O–H groups in total. The van der Waals surface area contributed by atoms with Crippen LogP contribution >= 0.6 is 0 Å². The first kappa shape index (κ1) is 14.1. The van der Waals surface area contributed by atoms with Gasteiger partial charge in [0.15, 0.2) is 8.32 Å². The van der Waals surface area contributed by atoms with Gasteiger partial charge in [-0.2, -0.15) is 0 Å². The van der Waals surface area contributed by atoms with Gasteiger partial charge >= 0.3 is 5.97 Å². The van der Waals surface area contributed by atoms with Crippen molar-refractivity contribution in [1.29, 1.82) is 0 Å². The number of methoxy groups -OCH3 is 4. The van der Waals surface area contributed by atoms with Crippen LogP contribution in [0.2, 0.25) is 19.1 Å². The highest BCUT2D eigenvalue weighted by molar-refractivity contribution is 6.71. The quantitative estimate of drug-likeness (QED) is 0.559. The van der Waals surface area contributed by atoms with Crippen LogP contribution in [-0.2, 0) is 23.4 Å². The van der Waals surface area contributed by atoms with E-state index in [1.54, 1.807) is 14.2 Å². The van der Waals surface area contributed by atoms with E-state index in [9.17, 15) is 0 Å². The van der Waals surface area contributed by atoms with Gasteiger partial charge < -0.3 is 23.4 Å². The van der Waals surface area contributed by atoms with Gasteiger partial charge in [0.2, 0.25) is 0 Å². The molecule has 5 nitrogen and oxygen atoms in total. The van der Waals surface area contributed by atoms with Gasteiger partial charge in [-0.05, 0) is 19.1 Å². The minimum atomic E-state index is -1.80. The maximum atomic E-state index is 6.00. The Morgan fingerprint density at radius 2 is 1.44 bits per heavy atom. The van der Waals surface area contributed by atoms with Gasteiger partial charge in [-0.15, -0.1) is 0 Å². The van der Waals surface area contributed by atoms with E-state index in [4.69, 9.17) is 23.4 Å². The maximum absolute atomic E-state index is 6.00. The second kappa shape index (κ2) is 4.71. The normalized spacial score (nSPS) is 26.6. The second-order valence-electron chi connectivity index (χ2n) is 4.49. The van der Waals surface area contributed by atoms with E-state index < -0.39 is 20.1 Å². The average Bonchev–Trinajstić information content (AvgIpc) is 2.28. The number of ether oxygens (including phenoxy) is 4. The molecule has 0 amide bonds. The molecule has 16 heavy (non-hydrogen) atoms. The first-order chi connectivity index (χ1) is 7.41. The molecular formula is C10H22O5Si. The summed E-state index contributed by atoms with van der Waals surface area (Å²) < 4.78 is 27.7. The first-order valence-electron chi connectivity index (χ1n) is 5.31. The Kier molecular flexibility index (Phi) is 4.15. The average molecular weight is 250 g/mol. The Morgan fingerprint density at radius 3 is 1.81 bits per heavy atom. The Bertz CT molecular complexity index is 235. The Labute approximate surface area is 98.1 Å². The zero-order valence-corrected chi connectivity index (χ0v) is 12.0. The lowest BCUT2D eigenvalue weighted by Crippen LogP contribution is -2.67. The summed E-state index contributed by atoms with van der Waals surface area (Å²) in [5.41, 5.74) is 0. The van der Waals surface area contributed by atoms with Crippen LogP contribution in [0.4, 0.5) is 0 Å². The maximum Gasteiger partial charge on any atom is 0.330 e. The second-order valence-corrected chi connectivity index (χ2v) is 8.71. The Hall–Kier alpha value is 0.0169. The smallest absolute Gasteiger partial charge is 0.330 e. The monoisotopic (exact) mass is 250 g/mol. The van der Waals surface area contributed by atoms with E-state index in [0.29, 0.717) is 6.42 Å². The summed E-state index contributed by atoms with van der Waals surface area (Å²) in [6, 6.07) is 0.934. The molecule has 1 aliphatic heterocycles. The number of rotatable bonds is 4. The van der Waals surface area contributed by atoms with Crippen LogP contribution in [0.1, 0.15) is 6.42 Å². The van der Waals surface area contributed by atoms with Crippen molar-refractivity contribution in [3.8, 4) is 0 Å². The van der Waals surface area contributed by atoms with Crippen LogP contribution in [0.5, 0.6) is 0 Å². The SMILES string of the molecule is COC1(OC)CC[Si](C)(C)OC1(OC)OC. The van der Waals surface area contributed by atoms with Gasteiger partial charge in [0.05, 0.1) is 0 Å². The molecule has 0 bridgehead atoms. The molecule has 0 aromatic carbocycles. The van der Waals surface area contributed by atoms with Crippen molar-refractivity contribution in [2.75, 3.05) is 28.4 Å². The molecular weight excluding hydrogens is 228 g/mol. The lowest BCUT2D eigenvalue weighted by atomic mass is 10.1. The molecule has 0 atom stereocenters. The minimum Gasteiger partial charge on any atom is -0.365 e. The topological polar surface area (TPSA) is 46.2 Å². The van der Waals surface area contributed by atoms with Crippen molar-refractivity contribution in [3.05, 3.63) is 0 Å². The summed E-state index contributed by atoms with van der Waals surface area (Å²) in [6.07, 6.45) is 0.695. The van der Waals surface area contributed by atoms with E-state index in [0.717, 1.165) is 6.04 Å². The Morgan fingerprint density at radius 1 is 0.938 bits per heavy atom. The molecule has 1 fully saturated rings. The van der Waals surface area contributed by atoms with Crippen molar-refractivity contribution < 1.29 is 23.4 Å². The lowest BCUT2D eigenvalue weighted by molar-refractivity contribution is -0.467. The van der Waals surface area contributed by atoms with Crippen molar-refractivity contribution in [2.24, 2.45) is 0 Å². The molecule has 0 spiro atoms. The highest BCUT2D eigenvalue weighted by Crippen LogP contribution is 2.44. The minimum absolute atomic E-state index is 0.695. The van der Waals surface area contributed by atoms with Gasteiger partial charge in [0.1, 0.15) is 0 Å². The molecule has 6 heteroatoms. The molecule has 0 unspecified atom stereocenters. The predicted octanol–water partition coefficient (Wildman–Crippen LogP) is 1.55. The molecule has 1 rings (SSSR count). The zero-order valence-electron chi connectivity index (χ0n) is 11.0. The molecule has 1 aliphatic rings. The Balaban J connectivity index is 3.09. The van der Waals surface area contributed by atoms with Gasteiger partial charge in [-0.25, -0.2) is 0 Å². The van der Waals surface area contributed by atoms with Gasteiger partial charge in [0, 0.05) is 34.9 Å². The van der Waals surface area contributed by atoms with Crippen molar-refractivity contribution >= 4 is 8.32 Å². The van der Waals surface area contributed by atoms with Crippen molar-refractivity contribution in [2.45, 2.75) is 37.3 Å². The van der Waals surface area contributed by atoms with Crippen molar-refractivity contribution in [1.82, 2.24) is 0 Å². The third-order valence-electron chi connectivity index (χ3n) is 3.13. The van der Waals surface area contributed by atoms with Crippen LogP contribution in [0.25, 0.3) is 0 Å². The van der Waals surface area contributed by atoms with E-state index in [1.165, 1.54) is 14.2 Å². The molecule has 1 saturated heterocycles. The highest BCUT2D eigenvalue weighted by atomic mass is 28.4. The zero-order chi connectivity index (χ0) is 12.4. The third kappa shape index (κ3) is 2.05. The molecule has 0 saturated carbocycles. The van der Waals surface area contributed by atoms with E-state index in [2.05, 4.69) is 13.1 Å². The molecule has 1 heterocycles. The first-order valence-corrected chi connectivity index (χ1v) is 8.43. The largest absolute Gasteiger partial charge is 0.365 e. The van der Waals surface area contributed by atoms with Crippen LogP contribution < -0.4 is 0 Å². The molecule has 0 aromatic rings. The van der Waals surface area contributed by atoms with E-state index in [-0.39, 0.29) is 0 Å². The summed E-state index contributed by atoms with van der Waals surface area (Å²) in [7, 11) is 4.41. The fourth-order valence-electron chi connectivity index (χ4n) is 2.13. The van der Waals surface area contributed by atoms with Crippen LogP contribution in [0.15, 0.2) is 0 Å². The van der Waals surface area contributed by atoms with Gasteiger partial charge in [-0.3, -0.25) is 0 Å². The fraction of sp³-hybridized carbons (Fsp3) is 1.00. The van der Waals surface area contributed by atoms with Crippen LogP contribution in [0.3, 0.4) is 0 Å². The molecule has 96 valence electrons.